The van der Waals surface area contributed by atoms with Crippen molar-refractivity contribution in [1.29, 1.82) is 0 Å². The number of nitrogens with one attached hydrogen (secondary N) is 1. The van der Waals surface area contributed by atoms with Gasteiger partial charge in [-0.1, -0.05) is 20.8 Å². The third-order valence-corrected chi connectivity index (χ3v) is 7.03. The van der Waals surface area contributed by atoms with Gasteiger partial charge in [0.2, 0.25) is 5.75 Å². The van der Waals surface area contributed by atoms with E-state index in [1.165, 1.54) is 32.7 Å². The number of benzene rings is 1. The maximum Gasteiger partial charge on any atom is 0.339 e. The molecular weight excluding hydrogens is 418 g/mol. The van der Waals surface area contributed by atoms with E-state index in [1.54, 1.807) is 12.1 Å². The highest BCUT2D eigenvalue weighted by Gasteiger charge is 2.34. The van der Waals surface area contributed by atoms with Gasteiger partial charge in [-0.05, 0) is 48.3 Å². The molecule has 1 aliphatic carbocycles. The van der Waals surface area contributed by atoms with Gasteiger partial charge in [0.05, 0.1) is 26.9 Å². The van der Waals surface area contributed by atoms with Crippen LogP contribution >= 0.6 is 11.3 Å². The molecule has 1 unspecified atom stereocenters. The number of hydrogen-bond acceptors (Lipinski definition) is 6. The molecule has 7 nitrogen and oxygen atoms in total. The van der Waals surface area contributed by atoms with Crippen molar-refractivity contribution in [3.8, 4) is 17.2 Å². The maximum absolute atomic E-state index is 13.0. The quantitative estimate of drug-likeness (QED) is 0.656. The molecule has 0 radical (unpaired) electrons. The second-order valence-corrected chi connectivity index (χ2v) is 9.79. The molecule has 168 valence electrons. The second kappa shape index (κ2) is 8.78. The Morgan fingerprint density at radius 1 is 1.10 bits per heavy atom. The van der Waals surface area contributed by atoms with Crippen LogP contribution in [0.1, 0.15) is 58.3 Å². The predicted molar refractivity (Wildman–Crippen MR) is 120 cm³/mol. The number of fused-ring (bicyclic) bond motifs is 1. The first-order valence-corrected chi connectivity index (χ1v) is 10.9. The van der Waals surface area contributed by atoms with Gasteiger partial charge in [-0.25, -0.2) is 4.79 Å². The highest BCUT2D eigenvalue weighted by atomic mass is 32.1. The molecule has 1 heterocycles. The molecule has 0 saturated carbocycles. The first-order chi connectivity index (χ1) is 14.6. The van der Waals surface area contributed by atoms with E-state index in [4.69, 9.17) is 14.2 Å². The van der Waals surface area contributed by atoms with Gasteiger partial charge in [0, 0.05) is 10.4 Å². The summed E-state index contributed by atoms with van der Waals surface area (Å²) in [6.45, 7) is 6.63. The zero-order valence-electron chi connectivity index (χ0n) is 18.8. The number of hydrogen-bond donors (Lipinski definition) is 2. The Bertz CT molecular complexity index is 979. The molecule has 1 aliphatic rings. The van der Waals surface area contributed by atoms with Crippen LogP contribution in [0.4, 0.5) is 5.00 Å². The van der Waals surface area contributed by atoms with Crippen LogP contribution in [0.5, 0.6) is 17.2 Å². The highest BCUT2D eigenvalue weighted by molar-refractivity contribution is 7.17. The molecule has 31 heavy (non-hydrogen) atoms. The average Bonchev–Trinajstić information content (AvgIpc) is 3.08. The Kier molecular flexibility index (Phi) is 6.50. The maximum atomic E-state index is 13.0. The van der Waals surface area contributed by atoms with Gasteiger partial charge in [-0.15, -0.1) is 11.3 Å². The molecule has 0 bridgehead atoms. The van der Waals surface area contributed by atoms with Crippen LogP contribution in [0.3, 0.4) is 0 Å². The zero-order valence-corrected chi connectivity index (χ0v) is 19.6. The van der Waals surface area contributed by atoms with Crippen molar-refractivity contribution in [1.82, 2.24) is 0 Å². The average molecular weight is 448 g/mol. The van der Waals surface area contributed by atoms with Crippen LogP contribution in [0.2, 0.25) is 0 Å². The van der Waals surface area contributed by atoms with Crippen molar-refractivity contribution >= 4 is 28.2 Å². The van der Waals surface area contributed by atoms with E-state index in [0.717, 1.165) is 23.3 Å². The number of carboxylic acids is 1. The monoisotopic (exact) mass is 447 g/mol. The van der Waals surface area contributed by atoms with Gasteiger partial charge >= 0.3 is 5.97 Å². The SMILES string of the molecule is COc1cc(C(=O)Nc2sc3c(c2C(=O)O)CCC(C(C)(C)C)C3)cc(OC)c1OC. The Morgan fingerprint density at radius 2 is 1.71 bits per heavy atom. The minimum Gasteiger partial charge on any atom is -0.493 e. The molecule has 3 rings (SSSR count). The molecule has 8 heteroatoms. The largest absolute Gasteiger partial charge is 0.493 e. The normalized spacial score (nSPS) is 15.7. The zero-order chi connectivity index (χ0) is 22.9. The summed E-state index contributed by atoms with van der Waals surface area (Å²) in [5, 5.41) is 13.0. The van der Waals surface area contributed by atoms with Crippen molar-refractivity contribution < 1.29 is 28.9 Å². The third kappa shape index (κ3) is 4.49. The van der Waals surface area contributed by atoms with E-state index in [1.807, 2.05) is 0 Å². The van der Waals surface area contributed by atoms with Gasteiger partial charge < -0.3 is 24.6 Å². The topological polar surface area (TPSA) is 94.1 Å². The summed E-state index contributed by atoms with van der Waals surface area (Å²) in [6, 6.07) is 3.08. The van der Waals surface area contributed by atoms with E-state index in [2.05, 4.69) is 26.1 Å². The second-order valence-electron chi connectivity index (χ2n) is 8.69. The molecule has 1 atom stereocenters. The van der Waals surface area contributed by atoms with Crippen LogP contribution in [0.25, 0.3) is 0 Å². The van der Waals surface area contributed by atoms with Gasteiger partial charge in [0.25, 0.3) is 5.91 Å². The van der Waals surface area contributed by atoms with Crippen LogP contribution < -0.4 is 19.5 Å². The van der Waals surface area contributed by atoms with Gasteiger partial charge in [-0.2, -0.15) is 0 Å². The molecular formula is C23H29NO6S. The number of rotatable bonds is 6. The van der Waals surface area contributed by atoms with Crippen molar-refractivity contribution in [2.45, 2.75) is 40.0 Å². The Balaban J connectivity index is 1.96. The molecule has 2 N–H and O–H groups in total. The summed E-state index contributed by atoms with van der Waals surface area (Å²) in [4.78, 5) is 26.1. The van der Waals surface area contributed by atoms with E-state index in [-0.39, 0.29) is 16.5 Å². The van der Waals surface area contributed by atoms with Crippen LogP contribution in [0.15, 0.2) is 12.1 Å². The minimum absolute atomic E-state index is 0.144. The Labute approximate surface area is 186 Å². The Hall–Kier alpha value is -2.74. The first-order valence-electron chi connectivity index (χ1n) is 10.1. The van der Waals surface area contributed by atoms with E-state index in [0.29, 0.717) is 34.6 Å². The summed E-state index contributed by atoms with van der Waals surface area (Å²) < 4.78 is 15.9. The molecule has 1 amide bonds. The van der Waals surface area contributed by atoms with Crippen molar-refractivity contribution in [2.75, 3.05) is 26.6 Å². The third-order valence-electron chi connectivity index (χ3n) is 5.86. The van der Waals surface area contributed by atoms with Crippen molar-refractivity contribution in [3.05, 3.63) is 33.7 Å². The summed E-state index contributed by atoms with van der Waals surface area (Å²) in [6.07, 6.45) is 2.47. The van der Waals surface area contributed by atoms with E-state index >= 15 is 0 Å². The lowest BCUT2D eigenvalue weighted by Crippen LogP contribution is -2.26. The number of ether oxygens (including phenoxy) is 3. The summed E-state index contributed by atoms with van der Waals surface area (Å²) >= 11 is 1.36. The summed E-state index contributed by atoms with van der Waals surface area (Å²) in [7, 11) is 4.43. The number of carbonyl (C=O) groups excluding carboxylic acids is 1. The molecule has 1 aromatic heterocycles. The minimum atomic E-state index is -1.02. The van der Waals surface area contributed by atoms with Crippen molar-refractivity contribution in [3.63, 3.8) is 0 Å². The number of carbonyl (C=O) groups is 2. The molecule has 0 spiro atoms. The molecule has 0 aliphatic heterocycles. The molecule has 0 fully saturated rings. The lowest BCUT2D eigenvalue weighted by molar-refractivity contribution is 0.0696. The van der Waals surface area contributed by atoms with E-state index < -0.39 is 11.9 Å². The number of anilines is 1. The molecule has 1 aromatic carbocycles. The fraction of sp³-hybridized carbons (Fsp3) is 0.478. The van der Waals surface area contributed by atoms with Gasteiger partial charge in [0.15, 0.2) is 11.5 Å². The standard InChI is InChI=1S/C23H29NO6S/c1-23(2,3)13-7-8-14-17(11-13)31-21(18(14)22(26)27)24-20(25)12-9-15(28-4)19(30-6)16(10-12)29-5/h9-10,13H,7-8,11H2,1-6H3,(H,24,25)(H,26,27). The van der Waals surface area contributed by atoms with Gasteiger partial charge in [0.1, 0.15) is 5.00 Å². The fourth-order valence-corrected chi connectivity index (χ4v) is 5.34. The van der Waals surface area contributed by atoms with Crippen LogP contribution in [0, 0.1) is 11.3 Å². The number of methoxy groups -OCH3 is 3. The van der Waals surface area contributed by atoms with Crippen LogP contribution in [-0.2, 0) is 12.8 Å². The molecule has 2 aromatic rings. The van der Waals surface area contributed by atoms with E-state index in [9.17, 15) is 14.7 Å². The number of amides is 1. The predicted octanol–water partition coefficient (Wildman–Crippen LogP) is 4.88. The highest BCUT2D eigenvalue weighted by Crippen LogP contribution is 2.44. The number of carboxylic acid groups (broad SMARTS) is 1. The summed E-state index contributed by atoms with van der Waals surface area (Å²) in [5.74, 6) is 0.0964. The van der Waals surface area contributed by atoms with Crippen molar-refractivity contribution in [2.24, 2.45) is 11.3 Å². The number of aromatic carboxylic acids is 1. The Morgan fingerprint density at radius 3 is 2.19 bits per heavy atom. The van der Waals surface area contributed by atoms with Gasteiger partial charge in [-0.3, -0.25) is 4.79 Å². The smallest absolute Gasteiger partial charge is 0.339 e. The van der Waals surface area contributed by atoms with Crippen LogP contribution in [-0.4, -0.2) is 38.3 Å². The molecule has 0 saturated heterocycles. The summed E-state index contributed by atoms with van der Waals surface area (Å²) in [5.41, 5.74) is 1.47. The fourth-order valence-electron chi connectivity index (χ4n) is 4.03. The lowest BCUT2D eigenvalue weighted by Gasteiger charge is -2.33. The lowest BCUT2D eigenvalue weighted by atomic mass is 9.72. The first kappa shape index (κ1) is 22.9. The number of thiophene rings is 1.